The summed E-state index contributed by atoms with van der Waals surface area (Å²) in [6.45, 7) is 3.62. The van der Waals surface area contributed by atoms with Gasteiger partial charge in [-0.1, -0.05) is 0 Å². The van der Waals surface area contributed by atoms with Gasteiger partial charge in [-0.2, -0.15) is 0 Å². The predicted molar refractivity (Wildman–Crippen MR) is 64.9 cm³/mol. The number of carbonyl (C=O) groups excluding carboxylic acids is 1. The SMILES string of the molecule is COC(=O)c1cc(OC(C)C)ccc1S(N)(=O)=O. The minimum Gasteiger partial charge on any atom is -0.491 e. The molecule has 1 rings (SSSR count). The summed E-state index contributed by atoms with van der Waals surface area (Å²) in [5, 5.41) is 5.03. The van der Waals surface area contributed by atoms with Gasteiger partial charge in [0.15, 0.2) is 0 Å². The summed E-state index contributed by atoms with van der Waals surface area (Å²) in [5.74, 6) is -0.411. The molecule has 0 aliphatic carbocycles. The van der Waals surface area contributed by atoms with E-state index in [2.05, 4.69) is 4.74 Å². The molecule has 6 nitrogen and oxygen atoms in total. The first-order valence-corrected chi connectivity index (χ1v) is 6.72. The molecule has 0 heterocycles. The lowest BCUT2D eigenvalue weighted by atomic mass is 10.2. The summed E-state index contributed by atoms with van der Waals surface area (Å²) in [6, 6.07) is 3.96. The molecule has 0 unspecified atom stereocenters. The van der Waals surface area contributed by atoms with Gasteiger partial charge in [0.05, 0.1) is 23.7 Å². The normalized spacial score (nSPS) is 11.4. The second-order valence-corrected chi connectivity index (χ2v) is 5.39. The summed E-state index contributed by atoms with van der Waals surface area (Å²) >= 11 is 0. The molecular weight excluding hydrogens is 258 g/mol. The molecule has 18 heavy (non-hydrogen) atoms. The van der Waals surface area contributed by atoms with Crippen LogP contribution in [0.4, 0.5) is 0 Å². The van der Waals surface area contributed by atoms with Crippen molar-refractivity contribution in [1.82, 2.24) is 0 Å². The maximum absolute atomic E-state index is 11.5. The van der Waals surface area contributed by atoms with Crippen LogP contribution in [0.2, 0.25) is 0 Å². The van der Waals surface area contributed by atoms with Gasteiger partial charge in [0.1, 0.15) is 5.75 Å². The van der Waals surface area contributed by atoms with Gasteiger partial charge < -0.3 is 9.47 Å². The smallest absolute Gasteiger partial charge is 0.339 e. The second-order valence-electron chi connectivity index (χ2n) is 3.86. The minimum atomic E-state index is -3.99. The van der Waals surface area contributed by atoms with E-state index in [4.69, 9.17) is 9.88 Å². The van der Waals surface area contributed by atoms with Crippen LogP contribution >= 0.6 is 0 Å². The first kappa shape index (κ1) is 14.5. The average molecular weight is 273 g/mol. The van der Waals surface area contributed by atoms with Gasteiger partial charge in [0.25, 0.3) is 0 Å². The molecule has 1 aromatic rings. The van der Waals surface area contributed by atoms with Gasteiger partial charge in [-0.25, -0.2) is 18.4 Å². The van der Waals surface area contributed by atoms with Crippen LogP contribution in [-0.4, -0.2) is 27.6 Å². The third-order valence-electron chi connectivity index (χ3n) is 2.03. The number of benzene rings is 1. The Hall–Kier alpha value is -1.60. The van der Waals surface area contributed by atoms with Crippen molar-refractivity contribution in [3.63, 3.8) is 0 Å². The second kappa shape index (κ2) is 5.36. The Morgan fingerprint density at radius 2 is 1.94 bits per heavy atom. The molecule has 0 saturated heterocycles. The van der Waals surface area contributed by atoms with Crippen molar-refractivity contribution in [1.29, 1.82) is 0 Å². The largest absolute Gasteiger partial charge is 0.491 e. The van der Waals surface area contributed by atoms with Crippen LogP contribution in [0.15, 0.2) is 23.1 Å². The lowest BCUT2D eigenvalue weighted by molar-refractivity contribution is 0.0595. The van der Waals surface area contributed by atoms with Gasteiger partial charge >= 0.3 is 5.97 Å². The fourth-order valence-corrected chi connectivity index (χ4v) is 2.08. The highest BCUT2D eigenvalue weighted by molar-refractivity contribution is 7.89. The number of nitrogens with two attached hydrogens (primary N) is 1. The fraction of sp³-hybridized carbons (Fsp3) is 0.364. The monoisotopic (exact) mass is 273 g/mol. The van der Waals surface area contributed by atoms with Crippen molar-refractivity contribution >= 4 is 16.0 Å². The Morgan fingerprint density at radius 3 is 2.39 bits per heavy atom. The van der Waals surface area contributed by atoms with Gasteiger partial charge in [0, 0.05) is 0 Å². The van der Waals surface area contributed by atoms with Crippen LogP contribution in [0.3, 0.4) is 0 Å². The molecule has 7 heteroatoms. The molecule has 0 bridgehead atoms. The van der Waals surface area contributed by atoms with Gasteiger partial charge in [-0.15, -0.1) is 0 Å². The molecule has 2 N–H and O–H groups in total. The van der Waals surface area contributed by atoms with Gasteiger partial charge in [0.2, 0.25) is 10.0 Å². The van der Waals surface area contributed by atoms with E-state index in [1.165, 1.54) is 18.2 Å². The van der Waals surface area contributed by atoms with E-state index >= 15 is 0 Å². The summed E-state index contributed by atoms with van der Waals surface area (Å²) < 4.78 is 32.6. The highest BCUT2D eigenvalue weighted by Crippen LogP contribution is 2.22. The topological polar surface area (TPSA) is 95.7 Å². The van der Waals surface area contributed by atoms with Crippen molar-refractivity contribution in [3.05, 3.63) is 23.8 Å². The Kier molecular flexibility index (Phi) is 4.31. The lowest BCUT2D eigenvalue weighted by Crippen LogP contribution is -2.18. The highest BCUT2D eigenvalue weighted by atomic mass is 32.2. The van der Waals surface area contributed by atoms with Gasteiger partial charge in [-0.3, -0.25) is 0 Å². The molecule has 0 aliphatic heterocycles. The maximum Gasteiger partial charge on any atom is 0.339 e. The standard InChI is InChI=1S/C11H15NO5S/c1-7(2)17-8-4-5-10(18(12,14)15)9(6-8)11(13)16-3/h4-7H,1-3H3,(H2,12,14,15). The van der Waals surface area contributed by atoms with Crippen LogP contribution in [0.25, 0.3) is 0 Å². The molecule has 0 aliphatic rings. The highest BCUT2D eigenvalue weighted by Gasteiger charge is 2.21. The number of ether oxygens (including phenoxy) is 2. The summed E-state index contributed by atoms with van der Waals surface area (Å²) in [7, 11) is -2.83. The molecular formula is C11H15NO5S. The maximum atomic E-state index is 11.5. The first-order valence-electron chi connectivity index (χ1n) is 5.17. The van der Waals surface area contributed by atoms with E-state index in [1.54, 1.807) is 0 Å². The zero-order valence-electron chi connectivity index (χ0n) is 10.3. The molecule has 0 spiro atoms. The lowest BCUT2D eigenvalue weighted by Gasteiger charge is -2.12. The van der Waals surface area contributed by atoms with Crippen molar-refractivity contribution < 1.29 is 22.7 Å². The minimum absolute atomic E-state index is 0.101. The van der Waals surface area contributed by atoms with E-state index in [-0.39, 0.29) is 16.6 Å². The van der Waals surface area contributed by atoms with Crippen LogP contribution in [0, 0.1) is 0 Å². The third-order valence-corrected chi connectivity index (χ3v) is 3.00. The van der Waals surface area contributed by atoms with E-state index in [1.807, 2.05) is 13.8 Å². The zero-order valence-corrected chi connectivity index (χ0v) is 11.2. The van der Waals surface area contributed by atoms with E-state index in [0.717, 1.165) is 7.11 Å². The summed E-state index contributed by atoms with van der Waals surface area (Å²) in [4.78, 5) is 11.2. The van der Waals surface area contributed by atoms with E-state index in [9.17, 15) is 13.2 Å². The van der Waals surface area contributed by atoms with E-state index in [0.29, 0.717) is 5.75 Å². The quantitative estimate of drug-likeness (QED) is 0.822. The number of rotatable bonds is 4. The van der Waals surface area contributed by atoms with Crippen LogP contribution in [-0.2, 0) is 14.8 Å². The van der Waals surface area contributed by atoms with E-state index < -0.39 is 16.0 Å². The number of sulfonamides is 1. The number of carbonyl (C=O) groups is 1. The molecule has 0 atom stereocenters. The molecule has 1 aromatic carbocycles. The molecule has 0 aromatic heterocycles. The molecule has 100 valence electrons. The summed E-state index contributed by atoms with van der Waals surface area (Å²) in [6.07, 6.45) is -0.101. The fourth-order valence-electron chi connectivity index (χ4n) is 1.37. The molecule has 0 amide bonds. The Bertz CT molecular complexity index is 551. The van der Waals surface area contributed by atoms with Gasteiger partial charge in [-0.05, 0) is 32.0 Å². The number of methoxy groups -OCH3 is 1. The Labute approximate surface area is 106 Å². The number of primary sulfonamides is 1. The van der Waals surface area contributed by atoms with Crippen LogP contribution in [0.1, 0.15) is 24.2 Å². The average Bonchev–Trinajstić information content (AvgIpc) is 2.25. The number of hydrogen-bond donors (Lipinski definition) is 1. The van der Waals surface area contributed by atoms with Crippen molar-refractivity contribution in [2.45, 2.75) is 24.8 Å². The molecule has 0 radical (unpaired) electrons. The molecule has 0 saturated carbocycles. The zero-order chi connectivity index (χ0) is 13.9. The number of hydrogen-bond acceptors (Lipinski definition) is 5. The summed E-state index contributed by atoms with van der Waals surface area (Å²) in [5.41, 5.74) is -0.141. The van der Waals surface area contributed by atoms with Crippen LogP contribution in [0.5, 0.6) is 5.75 Å². The third kappa shape index (κ3) is 3.44. The molecule has 0 fully saturated rings. The first-order chi connectivity index (χ1) is 8.25. The predicted octanol–water partition coefficient (Wildman–Crippen LogP) is 0.908. The van der Waals surface area contributed by atoms with Crippen molar-refractivity contribution in [2.24, 2.45) is 5.14 Å². The van der Waals surface area contributed by atoms with Crippen molar-refractivity contribution in [2.75, 3.05) is 7.11 Å². The Balaban J connectivity index is 3.34. The van der Waals surface area contributed by atoms with Crippen molar-refractivity contribution in [3.8, 4) is 5.75 Å². The Morgan fingerprint density at radius 1 is 1.33 bits per heavy atom. The number of esters is 1. The van der Waals surface area contributed by atoms with Crippen LogP contribution < -0.4 is 9.88 Å².